The zero-order valence-corrected chi connectivity index (χ0v) is 11.1. The molecule has 0 saturated carbocycles. The molecule has 0 aliphatic heterocycles. The molecule has 1 aromatic rings. The van der Waals surface area contributed by atoms with Gasteiger partial charge in [-0.05, 0) is 43.6 Å². The molecule has 0 aromatic carbocycles. The first-order valence-electron chi connectivity index (χ1n) is 6.39. The van der Waals surface area contributed by atoms with Crippen molar-refractivity contribution in [3.05, 3.63) is 23.1 Å². The van der Waals surface area contributed by atoms with Crippen LogP contribution in [0.4, 0.5) is 0 Å². The van der Waals surface area contributed by atoms with Gasteiger partial charge in [0, 0.05) is 5.56 Å². The van der Waals surface area contributed by atoms with Gasteiger partial charge in [0.05, 0.1) is 0 Å². The lowest BCUT2D eigenvalue weighted by Gasteiger charge is -2.24. The van der Waals surface area contributed by atoms with Gasteiger partial charge in [-0.2, -0.15) is 0 Å². The van der Waals surface area contributed by atoms with Crippen molar-refractivity contribution in [2.75, 3.05) is 0 Å². The summed E-state index contributed by atoms with van der Waals surface area (Å²) in [6.07, 6.45) is 5.28. The summed E-state index contributed by atoms with van der Waals surface area (Å²) in [6.45, 7) is 6.24. The molecule has 0 saturated heterocycles. The summed E-state index contributed by atoms with van der Waals surface area (Å²) in [7, 11) is 0. The van der Waals surface area contributed by atoms with Crippen LogP contribution < -0.4 is 0 Å². The maximum atomic E-state index is 10.9. The zero-order chi connectivity index (χ0) is 13.3. The summed E-state index contributed by atoms with van der Waals surface area (Å²) in [5, 5.41) is 12.6. The fraction of sp³-hybridized carbons (Fsp3) is 0.571. The molecule has 0 fully saturated rings. The lowest BCUT2D eigenvalue weighted by atomic mass is 9.81. The standard InChI is InChI=1S/C14H19NO3/c1-8(2)10-4-6-11(7-5-10)13-9(3)12(14(16)17)15-18-13/h6,8,10H,4-5,7H2,1-3H3,(H,16,17)/t10-/m1/s1. The fourth-order valence-corrected chi connectivity index (χ4v) is 2.50. The van der Waals surface area contributed by atoms with Gasteiger partial charge in [-0.25, -0.2) is 4.79 Å². The van der Waals surface area contributed by atoms with Crippen LogP contribution in [-0.4, -0.2) is 16.2 Å². The summed E-state index contributed by atoms with van der Waals surface area (Å²) < 4.78 is 5.19. The molecule has 1 aromatic heterocycles. The van der Waals surface area contributed by atoms with E-state index in [-0.39, 0.29) is 5.69 Å². The second kappa shape index (κ2) is 4.96. The topological polar surface area (TPSA) is 63.3 Å². The van der Waals surface area contributed by atoms with Crippen molar-refractivity contribution in [2.24, 2.45) is 11.8 Å². The number of rotatable bonds is 3. The van der Waals surface area contributed by atoms with Gasteiger partial charge in [-0.1, -0.05) is 25.1 Å². The van der Waals surface area contributed by atoms with Crippen LogP contribution in [-0.2, 0) is 0 Å². The number of carboxylic acid groups (broad SMARTS) is 1. The van der Waals surface area contributed by atoms with E-state index < -0.39 is 5.97 Å². The highest BCUT2D eigenvalue weighted by molar-refractivity contribution is 5.88. The number of hydrogen-bond acceptors (Lipinski definition) is 3. The molecular formula is C14H19NO3. The molecule has 0 bridgehead atoms. The van der Waals surface area contributed by atoms with Crippen molar-refractivity contribution in [1.82, 2.24) is 5.16 Å². The van der Waals surface area contributed by atoms with E-state index >= 15 is 0 Å². The van der Waals surface area contributed by atoms with E-state index in [0.717, 1.165) is 30.8 Å². The smallest absolute Gasteiger partial charge is 0.358 e. The largest absolute Gasteiger partial charge is 0.476 e. The first-order chi connectivity index (χ1) is 8.50. The van der Waals surface area contributed by atoms with E-state index in [2.05, 4.69) is 25.1 Å². The molecule has 0 unspecified atom stereocenters. The Morgan fingerprint density at radius 3 is 2.72 bits per heavy atom. The Morgan fingerprint density at radius 1 is 1.56 bits per heavy atom. The van der Waals surface area contributed by atoms with Crippen molar-refractivity contribution >= 4 is 11.5 Å². The van der Waals surface area contributed by atoms with E-state index in [1.807, 2.05) is 0 Å². The number of carbonyl (C=O) groups is 1. The summed E-state index contributed by atoms with van der Waals surface area (Å²) >= 11 is 0. The molecule has 0 spiro atoms. The van der Waals surface area contributed by atoms with Crippen molar-refractivity contribution in [1.29, 1.82) is 0 Å². The molecule has 4 heteroatoms. The normalized spacial score (nSPS) is 20.0. The Balaban J connectivity index is 2.21. The molecule has 1 heterocycles. The Labute approximate surface area is 107 Å². The van der Waals surface area contributed by atoms with E-state index in [9.17, 15) is 4.79 Å². The van der Waals surface area contributed by atoms with E-state index in [1.54, 1.807) is 6.92 Å². The van der Waals surface area contributed by atoms with Crippen LogP contribution in [0.1, 0.15) is 54.9 Å². The molecule has 1 aliphatic rings. The lowest BCUT2D eigenvalue weighted by molar-refractivity contribution is 0.0685. The first kappa shape index (κ1) is 12.9. The predicted molar refractivity (Wildman–Crippen MR) is 68.4 cm³/mol. The van der Waals surface area contributed by atoms with Gasteiger partial charge in [0.15, 0.2) is 11.5 Å². The van der Waals surface area contributed by atoms with Crippen molar-refractivity contribution < 1.29 is 14.4 Å². The van der Waals surface area contributed by atoms with E-state index in [1.165, 1.54) is 0 Å². The van der Waals surface area contributed by atoms with Gasteiger partial charge in [-0.15, -0.1) is 0 Å². The van der Waals surface area contributed by atoms with Crippen LogP contribution in [0.15, 0.2) is 10.6 Å². The monoisotopic (exact) mass is 249 g/mol. The van der Waals surface area contributed by atoms with Crippen LogP contribution >= 0.6 is 0 Å². The average molecular weight is 249 g/mol. The second-order valence-corrected chi connectivity index (χ2v) is 5.30. The Morgan fingerprint density at radius 2 is 2.28 bits per heavy atom. The SMILES string of the molecule is Cc1c(C(=O)O)noc1C1=CC[C@@H](C(C)C)CC1. The molecule has 4 nitrogen and oxygen atoms in total. The summed E-state index contributed by atoms with van der Waals surface area (Å²) in [6, 6.07) is 0. The predicted octanol–water partition coefficient (Wildman–Crippen LogP) is 3.52. The first-order valence-corrected chi connectivity index (χ1v) is 6.39. The van der Waals surface area contributed by atoms with Gasteiger partial charge in [0.1, 0.15) is 0 Å². The van der Waals surface area contributed by atoms with Gasteiger partial charge < -0.3 is 9.63 Å². The van der Waals surface area contributed by atoms with Crippen LogP contribution in [0.2, 0.25) is 0 Å². The molecule has 0 amide bonds. The summed E-state index contributed by atoms with van der Waals surface area (Å²) in [4.78, 5) is 10.9. The van der Waals surface area contributed by atoms with Gasteiger partial charge in [0.2, 0.25) is 0 Å². The van der Waals surface area contributed by atoms with Crippen molar-refractivity contribution in [2.45, 2.75) is 40.0 Å². The molecule has 18 heavy (non-hydrogen) atoms. The number of aromatic nitrogens is 1. The molecule has 1 N–H and O–H groups in total. The van der Waals surface area contributed by atoms with Crippen LogP contribution in [0.3, 0.4) is 0 Å². The average Bonchev–Trinajstić information content (AvgIpc) is 2.71. The maximum Gasteiger partial charge on any atom is 0.358 e. The summed E-state index contributed by atoms with van der Waals surface area (Å²) in [5.74, 6) is 1.03. The van der Waals surface area contributed by atoms with Crippen LogP contribution in [0, 0.1) is 18.8 Å². The number of allylic oxidation sites excluding steroid dienone is 2. The number of carboxylic acids is 1. The highest BCUT2D eigenvalue weighted by Crippen LogP contribution is 2.35. The third kappa shape index (κ3) is 2.33. The van der Waals surface area contributed by atoms with E-state index in [0.29, 0.717) is 17.2 Å². The quantitative estimate of drug-likeness (QED) is 0.890. The van der Waals surface area contributed by atoms with Crippen LogP contribution in [0.25, 0.3) is 5.57 Å². The Bertz CT molecular complexity index is 485. The lowest BCUT2D eigenvalue weighted by Crippen LogP contribution is -2.11. The molecular weight excluding hydrogens is 230 g/mol. The molecule has 1 atom stereocenters. The highest BCUT2D eigenvalue weighted by atomic mass is 16.5. The Kier molecular flexibility index (Phi) is 3.55. The molecule has 98 valence electrons. The molecule has 1 aliphatic carbocycles. The van der Waals surface area contributed by atoms with Gasteiger partial charge >= 0.3 is 5.97 Å². The van der Waals surface area contributed by atoms with Gasteiger partial charge in [-0.3, -0.25) is 0 Å². The van der Waals surface area contributed by atoms with Gasteiger partial charge in [0.25, 0.3) is 0 Å². The highest BCUT2D eigenvalue weighted by Gasteiger charge is 2.24. The second-order valence-electron chi connectivity index (χ2n) is 5.30. The number of nitrogens with zero attached hydrogens (tertiary/aromatic N) is 1. The molecule has 0 radical (unpaired) electrons. The van der Waals surface area contributed by atoms with Crippen molar-refractivity contribution in [3.63, 3.8) is 0 Å². The maximum absolute atomic E-state index is 10.9. The number of aromatic carboxylic acids is 1. The van der Waals surface area contributed by atoms with Crippen molar-refractivity contribution in [3.8, 4) is 0 Å². The molecule has 2 rings (SSSR count). The van der Waals surface area contributed by atoms with E-state index in [4.69, 9.17) is 9.63 Å². The number of hydrogen-bond donors (Lipinski definition) is 1. The third-order valence-electron chi connectivity index (χ3n) is 3.81. The zero-order valence-electron chi connectivity index (χ0n) is 11.1. The summed E-state index contributed by atoms with van der Waals surface area (Å²) in [5.41, 5.74) is 1.76. The Hall–Kier alpha value is -1.58. The third-order valence-corrected chi connectivity index (χ3v) is 3.81. The fourth-order valence-electron chi connectivity index (χ4n) is 2.50. The minimum Gasteiger partial charge on any atom is -0.476 e. The minimum atomic E-state index is -1.03. The minimum absolute atomic E-state index is 0.0249. The van der Waals surface area contributed by atoms with Crippen LogP contribution in [0.5, 0.6) is 0 Å².